The molecule has 6 heteroatoms. The van der Waals surface area contributed by atoms with E-state index in [0.29, 0.717) is 5.02 Å². The van der Waals surface area contributed by atoms with Gasteiger partial charge in [-0.2, -0.15) is 0 Å². The van der Waals surface area contributed by atoms with Crippen LogP contribution in [0.25, 0.3) is 0 Å². The first-order valence-corrected chi connectivity index (χ1v) is 10.4. The third kappa shape index (κ3) is 4.75. The SMILES string of the molecule is Cc1cccc(N[C@H]2CCCC[C@@H]2NS(=O)(=O)c2ccc(Cl)cc2)c1. The van der Waals surface area contributed by atoms with Gasteiger partial charge in [0.05, 0.1) is 4.90 Å². The standard InChI is InChI=1S/C19H23ClN2O2S/c1-14-5-4-6-16(13-14)21-18-7-2-3-8-19(18)22-25(23,24)17-11-9-15(20)10-12-17/h4-6,9-13,18-19,21-22H,2-3,7-8H2,1H3/t18-,19-/m0/s1. The number of aryl methyl sites for hydroxylation is 1. The monoisotopic (exact) mass is 378 g/mol. The second-order valence-corrected chi connectivity index (χ2v) is 8.74. The van der Waals surface area contributed by atoms with Crippen LogP contribution in [0, 0.1) is 6.92 Å². The number of hydrogen-bond acceptors (Lipinski definition) is 3. The summed E-state index contributed by atoms with van der Waals surface area (Å²) in [6.45, 7) is 2.05. The Kier molecular flexibility index (Phi) is 5.67. The lowest BCUT2D eigenvalue weighted by molar-refractivity contribution is 0.378. The van der Waals surface area contributed by atoms with E-state index in [2.05, 4.69) is 16.1 Å². The number of hydrogen-bond donors (Lipinski definition) is 2. The lowest BCUT2D eigenvalue weighted by atomic mass is 9.91. The van der Waals surface area contributed by atoms with Gasteiger partial charge in [0, 0.05) is 22.8 Å². The number of anilines is 1. The lowest BCUT2D eigenvalue weighted by Gasteiger charge is -2.33. The van der Waals surface area contributed by atoms with Crippen LogP contribution in [0.15, 0.2) is 53.4 Å². The third-order valence-electron chi connectivity index (χ3n) is 4.57. The molecule has 1 aliphatic carbocycles. The van der Waals surface area contributed by atoms with Crippen molar-refractivity contribution in [1.29, 1.82) is 0 Å². The lowest BCUT2D eigenvalue weighted by Crippen LogP contribution is -2.48. The zero-order valence-electron chi connectivity index (χ0n) is 14.2. The molecule has 2 aromatic rings. The number of halogens is 1. The molecule has 2 atom stereocenters. The van der Waals surface area contributed by atoms with Gasteiger partial charge in [-0.3, -0.25) is 0 Å². The second kappa shape index (κ2) is 7.77. The Hall–Kier alpha value is -1.56. The van der Waals surface area contributed by atoms with Gasteiger partial charge in [-0.05, 0) is 61.7 Å². The number of rotatable bonds is 5. The molecule has 4 nitrogen and oxygen atoms in total. The average Bonchev–Trinajstić information content (AvgIpc) is 2.57. The molecule has 0 amide bonds. The Morgan fingerprint density at radius 2 is 1.68 bits per heavy atom. The van der Waals surface area contributed by atoms with Gasteiger partial charge in [0.1, 0.15) is 0 Å². The number of nitrogens with one attached hydrogen (secondary N) is 2. The largest absolute Gasteiger partial charge is 0.381 e. The Balaban J connectivity index is 1.75. The molecule has 0 heterocycles. The van der Waals surface area contributed by atoms with E-state index in [-0.39, 0.29) is 17.0 Å². The molecule has 0 bridgehead atoms. The molecular formula is C19H23ClN2O2S. The summed E-state index contributed by atoms with van der Waals surface area (Å²) in [5, 5.41) is 4.03. The maximum atomic E-state index is 12.7. The summed E-state index contributed by atoms with van der Waals surface area (Å²) in [5.74, 6) is 0. The third-order valence-corrected chi connectivity index (χ3v) is 6.32. The highest BCUT2D eigenvalue weighted by molar-refractivity contribution is 7.89. The molecule has 0 aliphatic heterocycles. The van der Waals surface area contributed by atoms with Crippen molar-refractivity contribution in [2.45, 2.75) is 49.6 Å². The first-order valence-electron chi connectivity index (χ1n) is 8.55. The number of sulfonamides is 1. The van der Waals surface area contributed by atoms with Crippen LogP contribution < -0.4 is 10.0 Å². The van der Waals surface area contributed by atoms with Gasteiger partial charge in [-0.1, -0.05) is 36.6 Å². The minimum Gasteiger partial charge on any atom is -0.381 e. The molecule has 1 fully saturated rings. The highest BCUT2D eigenvalue weighted by Crippen LogP contribution is 2.25. The van der Waals surface area contributed by atoms with Crippen molar-refractivity contribution in [2.75, 3.05) is 5.32 Å². The predicted octanol–water partition coefficient (Wildman–Crippen LogP) is 4.35. The molecule has 0 saturated heterocycles. The molecular weight excluding hydrogens is 356 g/mol. The van der Waals surface area contributed by atoms with Gasteiger partial charge in [-0.15, -0.1) is 0 Å². The van der Waals surface area contributed by atoms with Crippen molar-refractivity contribution in [1.82, 2.24) is 4.72 Å². The van der Waals surface area contributed by atoms with Gasteiger partial charge in [0.25, 0.3) is 0 Å². The fourth-order valence-electron chi connectivity index (χ4n) is 3.27. The summed E-state index contributed by atoms with van der Waals surface area (Å²) in [5.41, 5.74) is 2.21. The molecule has 0 aromatic heterocycles. The van der Waals surface area contributed by atoms with Crippen LogP contribution in [-0.2, 0) is 10.0 Å². The van der Waals surface area contributed by atoms with E-state index in [1.165, 1.54) is 17.7 Å². The fourth-order valence-corrected chi connectivity index (χ4v) is 4.71. The topological polar surface area (TPSA) is 58.2 Å². The zero-order valence-corrected chi connectivity index (χ0v) is 15.8. The second-order valence-electron chi connectivity index (χ2n) is 6.59. The summed E-state index contributed by atoms with van der Waals surface area (Å²) in [4.78, 5) is 0.247. The van der Waals surface area contributed by atoms with Crippen molar-refractivity contribution in [3.8, 4) is 0 Å². The molecule has 1 aliphatic rings. The normalized spacial score (nSPS) is 21.0. The van der Waals surface area contributed by atoms with Crippen LogP contribution in [0.2, 0.25) is 5.02 Å². The molecule has 3 rings (SSSR count). The van der Waals surface area contributed by atoms with Crippen molar-refractivity contribution >= 4 is 27.3 Å². The van der Waals surface area contributed by atoms with Gasteiger partial charge < -0.3 is 5.32 Å². The maximum absolute atomic E-state index is 12.7. The molecule has 25 heavy (non-hydrogen) atoms. The van der Waals surface area contributed by atoms with Crippen LogP contribution >= 0.6 is 11.6 Å². The van der Waals surface area contributed by atoms with Crippen molar-refractivity contribution in [3.05, 3.63) is 59.1 Å². The fraction of sp³-hybridized carbons (Fsp3) is 0.368. The summed E-state index contributed by atoms with van der Waals surface area (Å²) >= 11 is 5.85. The Bertz CT molecular complexity index is 822. The van der Waals surface area contributed by atoms with E-state index in [9.17, 15) is 8.42 Å². The Morgan fingerprint density at radius 1 is 1.00 bits per heavy atom. The van der Waals surface area contributed by atoms with Gasteiger partial charge in [-0.25, -0.2) is 13.1 Å². The summed E-state index contributed by atoms with van der Waals surface area (Å²) in [6.07, 6.45) is 3.90. The van der Waals surface area contributed by atoms with Gasteiger partial charge in [0.15, 0.2) is 0 Å². The Labute approximate surface area is 154 Å². The smallest absolute Gasteiger partial charge is 0.240 e. The molecule has 0 radical (unpaired) electrons. The van der Waals surface area contributed by atoms with E-state index in [0.717, 1.165) is 31.4 Å². The molecule has 2 N–H and O–H groups in total. The molecule has 0 spiro atoms. The van der Waals surface area contributed by atoms with Crippen LogP contribution in [0.3, 0.4) is 0 Å². The van der Waals surface area contributed by atoms with Gasteiger partial charge in [0.2, 0.25) is 10.0 Å². The predicted molar refractivity (Wildman–Crippen MR) is 103 cm³/mol. The average molecular weight is 379 g/mol. The van der Waals surface area contributed by atoms with Crippen molar-refractivity contribution in [3.63, 3.8) is 0 Å². The molecule has 134 valence electrons. The molecule has 0 unspecified atom stereocenters. The Morgan fingerprint density at radius 3 is 2.36 bits per heavy atom. The van der Waals surface area contributed by atoms with E-state index in [1.54, 1.807) is 12.1 Å². The van der Waals surface area contributed by atoms with Crippen molar-refractivity contribution in [2.24, 2.45) is 0 Å². The van der Waals surface area contributed by atoms with Crippen LogP contribution in [-0.4, -0.2) is 20.5 Å². The number of benzene rings is 2. The summed E-state index contributed by atoms with van der Waals surface area (Å²) < 4.78 is 28.2. The summed E-state index contributed by atoms with van der Waals surface area (Å²) in [7, 11) is -3.56. The van der Waals surface area contributed by atoms with E-state index in [1.807, 2.05) is 25.1 Å². The summed E-state index contributed by atoms with van der Waals surface area (Å²) in [6, 6.07) is 14.4. The minimum absolute atomic E-state index is 0.0811. The quantitative estimate of drug-likeness (QED) is 0.813. The zero-order chi connectivity index (χ0) is 17.9. The van der Waals surface area contributed by atoms with Crippen LogP contribution in [0.4, 0.5) is 5.69 Å². The molecule has 2 aromatic carbocycles. The van der Waals surface area contributed by atoms with Crippen LogP contribution in [0.1, 0.15) is 31.2 Å². The first-order chi connectivity index (χ1) is 11.9. The maximum Gasteiger partial charge on any atom is 0.240 e. The van der Waals surface area contributed by atoms with E-state index < -0.39 is 10.0 Å². The molecule has 1 saturated carbocycles. The van der Waals surface area contributed by atoms with Crippen LogP contribution in [0.5, 0.6) is 0 Å². The minimum atomic E-state index is -3.56. The van der Waals surface area contributed by atoms with Crippen molar-refractivity contribution < 1.29 is 8.42 Å². The highest BCUT2D eigenvalue weighted by atomic mass is 35.5. The first kappa shape index (κ1) is 18.2. The van der Waals surface area contributed by atoms with Gasteiger partial charge >= 0.3 is 0 Å². The van der Waals surface area contributed by atoms with E-state index >= 15 is 0 Å². The highest BCUT2D eigenvalue weighted by Gasteiger charge is 2.29. The van der Waals surface area contributed by atoms with E-state index in [4.69, 9.17) is 11.6 Å².